The van der Waals surface area contributed by atoms with Gasteiger partial charge in [0.1, 0.15) is 0 Å². The van der Waals surface area contributed by atoms with Crippen LogP contribution in [0.1, 0.15) is 5.76 Å². The Morgan fingerprint density at radius 1 is 0.938 bits per heavy atom. The van der Waals surface area contributed by atoms with E-state index in [1.807, 2.05) is 12.1 Å². The van der Waals surface area contributed by atoms with Crippen molar-refractivity contribution in [1.29, 1.82) is 0 Å². The Morgan fingerprint density at radius 3 is 2.62 bits per heavy atom. The number of furan rings is 1. The van der Waals surface area contributed by atoms with Gasteiger partial charge in [-0.1, -0.05) is 18.2 Å². The highest BCUT2D eigenvalue weighted by Gasteiger charge is 2.05. The Kier molecular flexibility index (Phi) is 2.18. The molecule has 0 saturated carbocycles. The minimum absolute atomic E-state index is 0.776. The van der Waals surface area contributed by atoms with E-state index in [9.17, 15) is 0 Å². The zero-order chi connectivity index (χ0) is 10.8. The lowest BCUT2D eigenvalue weighted by Gasteiger charge is -1.97. The molecule has 0 aliphatic carbocycles. The van der Waals surface area contributed by atoms with Crippen molar-refractivity contribution >= 4 is 10.8 Å². The number of fused-ring (bicyclic) bond motifs is 1. The molecule has 0 unspecified atom stereocenters. The summed E-state index contributed by atoms with van der Waals surface area (Å²) >= 11 is 0. The van der Waals surface area contributed by atoms with Crippen molar-refractivity contribution < 1.29 is 8.98 Å². The average Bonchev–Trinajstić information content (AvgIpc) is 2.82. The number of rotatable bonds is 2. The van der Waals surface area contributed by atoms with Crippen LogP contribution in [-0.2, 0) is 6.54 Å². The summed E-state index contributed by atoms with van der Waals surface area (Å²) in [5.74, 6) is 0.972. The molecule has 0 radical (unpaired) electrons. The maximum Gasteiger partial charge on any atom is 0.205 e. The van der Waals surface area contributed by atoms with Crippen LogP contribution in [0.2, 0.25) is 0 Å². The Labute approximate surface area is 93.8 Å². The molecule has 2 aromatic heterocycles. The van der Waals surface area contributed by atoms with Gasteiger partial charge in [0.2, 0.25) is 6.54 Å². The summed E-state index contributed by atoms with van der Waals surface area (Å²) in [6.45, 7) is 0.776. The van der Waals surface area contributed by atoms with Crippen LogP contribution in [0.15, 0.2) is 65.5 Å². The second kappa shape index (κ2) is 3.81. The largest absolute Gasteiger partial charge is 0.463 e. The molecule has 3 aromatic rings. The van der Waals surface area contributed by atoms with Crippen LogP contribution in [0, 0.1) is 0 Å². The molecule has 0 aliphatic heterocycles. The SMILES string of the molecule is c1coc(C[n+]2ccc3ccccc3c2)c1. The van der Waals surface area contributed by atoms with Gasteiger partial charge >= 0.3 is 0 Å². The molecule has 2 heteroatoms. The van der Waals surface area contributed by atoms with Gasteiger partial charge in [0, 0.05) is 11.5 Å². The molecule has 3 rings (SSSR count). The quantitative estimate of drug-likeness (QED) is 0.594. The smallest absolute Gasteiger partial charge is 0.205 e. The van der Waals surface area contributed by atoms with Crippen molar-refractivity contribution in [2.24, 2.45) is 0 Å². The first-order valence-corrected chi connectivity index (χ1v) is 5.32. The first kappa shape index (κ1) is 9.16. The zero-order valence-electron chi connectivity index (χ0n) is 8.84. The minimum Gasteiger partial charge on any atom is -0.463 e. The van der Waals surface area contributed by atoms with Gasteiger partial charge in [0.15, 0.2) is 18.2 Å². The number of aromatic nitrogens is 1. The first-order valence-electron chi connectivity index (χ1n) is 5.32. The van der Waals surface area contributed by atoms with Gasteiger partial charge in [-0.2, -0.15) is 4.57 Å². The van der Waals surface area contributed by atoms with Gasteiger partial charge in [0.25, 0.3) is 0 Å². The highest BCUT2D eigenvalue weighted by atomic mass is 16.3. The summed E-state index contributed by atoms with van der Waals surface area (Å²) < 4.78 is 7.45. The fourth-order valence-electron chi connectivity index (χ4n) is 1.86. The molecule has 0 spiro atoms. The zero-order valence-corrected chi connectivity index (χ0v) is 8.84. The van der Waals surface area contributed by atoms with E-state index >= 15 is 0 Å². The summed E-state index contributed by atoms with van der Waals surface area (Å²) in [5, 5.41) is 2.51. The van der Waals surface area contributed by atoms with Crippen molar-refractivity contribution in [3.63, 3.8) is 0 Å². The molecule has 1 aromatic carbocycles. The molecular formula is C14H12NO+. The van der Waals surface area contributed by atoms with Crippen LogP contribution in [0.4, 0.5) is 0 Å². The lowest BCUT2D eigenvalue weighted by atomic mass is 10.2. The van der Waals surface area contributed by atoms with E-state index in [1.165, 1.54) is 10.8 Å². The Bertz CT molecular complexity index is 599. The highest BCUT2D eigenvalue weighted by molar-refractivity contribution is 5.80. The summed E-state index contributed by atoms with van der Waals surface area (Å²) in [5.41, 5.74) is 0. The van der Waals surface area contributed by atoms with Crippen LogP contribution in [0.25, 0.3) is 10.8 Å². The Hall–Kier alpha value is -2.09. The summed E-state index contributed by atoms with van der Waals surface area (Å²) in [6.07, 6.45) is 5.92. The first-order chi connectivity index (χ1) is 7.92. The Balaban J connectivity index is 1.99. The molecule has 16 heavy (non-hydrogen) atoms. The van der Waals surface area contributed by atoms with Crippen LogP contribution in [0.5, 0.6) is 0 Å². The van der Waals surface area contributed by atoms with Gasteiger partial charge in [-0.15, -0.1) is 0 Å². The van der Waals surface area contributed by atoms with Gasteiger partial charge in [-0.25, -0.2) is 0 Å². The summed E-state index contributed by atoms with van der Waals surface area (Å²) in [4.78, 5) is 0. The predicted molar refractivity (Wildman–Crippen MR) is 62.0 cm³/mol. The van der Waals surface area contributed by atoms with Gasteiger partial charge in [0.05, 0.1) is 6.26 Å². The van der Waals surface area contributed by atoms with E-state index in [4.69, 9.17) is 4.42 Å². The second-order valence-electron chi connectivity index (χ2n) is 3.83. The van der Waals surface area contributed by atoms with Crippen molar-refractivity contribution in [3.8, 4) is 0 Å². The predicted octanol–water partition coefficient (Wildman–Crippen LogP) is 2.77. The maximum absolute atomic E-state index is 5.33. The number of hydrogen-bond acceptors (Lipinski definition) is 1. The standard InChI is InChI=1S/C14H12NO/c1-2-5-13-10-15(8-7-12(13)4-1)11-14-6-3-9-16-14/h1-10H,11H2/q+1. The molecule has 2 heterocycles. The lowest BCUT2D eigenvalue weighted by molar-refractivity contribution is -0.688. The van der Waals surface area contributed by atoms with Crippen molar-refractivity contribution in [3.05, 3.63) is 66.9 Å². The molecule has 0 saturated heterocycles. The number of benzene rings is 1. The monoisotopic (exact) mass is 210 g/mol. The maximum atomic E-state index is 5.33. The third-order valence-electron chi connectivity index (χ3n) is 2.67. The average molecular weight is 210 g/mol. The van der Waals surface area contributed by atoms with Gasteiger partial charge in [-0.3, -0.25) is 0 Å². The van der Waals surface area contributed by atoms with Crippen LogP contribution in [0.3, 0.4) is 0 Å². The Morgan fingerprint density at radius 2 is 1.81 bits per heavy atom. The van der Waals surface area contributed by atoms with E-state index in [1.54, 1.807) is 6.26 Å². The molecule has 0 bridgehead atoms. The highest BCUT2D eigenvalue weighted by Crippen LogP contribution is 2.10. The van der Waals surface area contributed by atoms with Gasteiger partial charge in [-0.05, 0) is 23.6 Å². The molecular weight excluding hydrogens is 198 g/mol. The fraction of sp³-hybridized carbons (Fsp3) is 0.0714. The second-order valence-corrected chi connectivity index (χ2v) is 3.83. The minimum atomic E-state index is 0.776. The number of nitrogens with zero attached hydrogens (tertiary/aromatic N) is 1. The third-order valence-corrected chi connectivity index (χ3v) is 2.67. The van der Waals surface area contributed by atoms with E-state index in [0.717, 1.165) is 12.3 Å². The van der Waals surface area contributed by atoms with E-state index < -0.39 is 0 Å². The molecule has 0 N–H and O–H groups in total. The van der Waals surface area contributed by atoms with Crippen molar-refractivity contribution in [2.75, 3.05) is 0 Å². The molecule has 2 nitrogen and oxygen atoms in total. The van der Waals surface area contributed by atoms with Crippen LogP contribution >= 0.6 is 0 Å². The molecule has 0 amide bonds. The van der Waals surface area contributed by atoms with E-state index in [2.05, 4.69) is 47.3 Å². The van der Waals surface area contributed by atoms with Crippen molar-refractivity contribution in [2.45, 2.75) is 6.54 Å². The number of hydrogen-bond donors (Lipinski definition) is 0. The summed E-state index contributed by atoms with van der Waals surface area (Å²) in [6, 6.07) is 14.4. The fourth-order valence-corrected chi connectivity index (χ4v) is 1.86. The number of pyridine rings is 1. The van der Waals surface area contributed by atoms with Gasteiger partial charge < -0.3 is 4.42 Å². The topological polar surface area (TPSA) is 17.0 Å². The van der Waals surface area contributed by atoms with E-state index in [-0.39, 0.29) is 0 Å². The molecule has 0 atom stereocenters. The van der Waals surface area contributed by atoms with Crippen molar-refractivity contribution in [1.82, 2.24) is 0 Å². The molecule has 78 valence electrons. The molecule has 0 aliphatic rings. The third kappa shape index (κ3) is 1.70. The summed E-state index contributed by atoms with van der Waals surface area (Å²) in [7, 11) is 0. The normalized spacial score (nSPS) is 10.8. The van der Waals surface area contributed by atoms with Crippen LogP contribution < -0.4 is 4.57 Å². The lowest BCUT2D eigenvalue weighted by Crippen LogP contribution is -2.32. The van der Waals surface area contributed by atoms with Crippen LogP contribution in [-0.4, -0.2) is 0 Å². The van der Waals surface area contributed by atoms with E-state index in [0.29, 0.717) is 0 Å². The molecule has 0 fully saturated rings.